The minimum Gasteiger partial charge on any atom is -0.278 e. The van der Waals surface area contributed by atoms with Gasteiger partial charge in [0.25, 0.3) is 0 Å². The van der Waals surface area contributed by atoms with E-state index in [0.717, 1.165) is 6.07 Å². The van der Waals surface area contributed by atoms with Crippen molar-refractivity contribution in [1.29, 1.82) is 0 Å². The number of benzene rings is 1. The Labute approximate surface area is 93.7 Å². The van der Waals surface area contributed by atoms with Gasteiger partial charge in [0.15, 0.2) is 0 Å². The summed E-state index contributed by atoms with van der Waals surface area (Å²) in [6.45, 7) is 0. The van der Waals surface area contributed by atoms with Crippen molar-refractivity contribution < 1.29 is 41.4 Å². The molecule has 1 aromatic rings. The number of hydrogen-bond acceptors (Lipinski definition) is 0. The van der Waals surface area contributed by atoms with Crippen molar-refractivity contribution in [3.63, 3.8) is 0 Å². The quantitative estimate of drug-likeness (QED) is 0.227. The molecule has 0 aliphatic carbocycles. The molecule has 0 aromatic heterocycles. The summed E-state index contributed by atoms with van der Waals surface area (Å²) in [6, 6.07) is 1.02. The largest absolute Gasteiger partial charge is 0.278 e. The third-order valence-electron chi connectivity index (χ3n) is 0.990. The van der Waals surface area contributed by atoms with Crippen LogP contribution in [0, 0.1) is 35.2 Å². The first-order chi connectivity index (χ1) is 5.04. The Morgan fingerprint density at radius 2 is 1.00 bits per heavy atom. The molecule has 0 amide bonds. The number of halogens is 6. The van der Waals surface area contributed by atoms with E-state index < -0.39 is 29.1 Å². The Balaban J connectivity index is 0. The van der Waals surface area contributed by atoms with Crippen LogP contribution in [-0.4, -0.2) is 0 Å². The Bertz CT molecular complexity index is 277. The van der Waals surface area contributed by atoms with Crippen LogP contribution in [0.5, 0.6) is 0 Å². The third kappa shape index (κ3) is 2.99. The summed E-state index contributed by atoms with van der Waals surface area (Å²) in [5.41, 5.74) is 0. The molecule has 1 aromatic carbocycles. The van der Waals surface area contributed by atoms with Crippen LogP contribution < -0.4 is 0 Å². The van der Waals surface area contributed by atoms with Gasteiger partial charge in [-0.25, -0.2) is 13.2 Å². The summed E-state index contributed by atoms with van der Waals surface area (Å²) >= 11 is 0. The maximum absolute atomic E-state index is 12.0. The van der Waals surface area contributed by atoms with Gasteiger partial charge < -0.3 is 0 Å². The maximum Gasteiger partial charge on any atom is 0.0893 e. The molecule has 70 valence electrons. The molecule has 0 aliphatic heterocycles. The van der Waals surface area contributed by atoms with E-state index in [1.165, 1.54) is 0 Å². The van der Waals surface area contributed by atoms with Gasteiger partial charge in [-0.05, 0) is 0 Å². The van der Waals surface area contributed by atoms with Gasteiger partial charge in [-0.2, -0.15) is 0 Å². The third-order valence-corrected chi connectivity index (χ3v) is 0.990. The van der Waals surface area contributed by atoms with Gasteiger partial charge in [-0.3, -0.25) is 8.78 Å². The zero-order valence-corrected chi connectivity index (χ0v) is 10.7. The molecule has 0 atom stereocenters. The van der Waals surface area contributed by atoms with Gasteiger partial charge in [0, 0.05) is 19.5 Å². The summed E-state index contributed by atoms with van der Waals surface area (Å²) < 4.78 is 59.9. The van der Waals surface area contributed by atoms with Gasteiger partial charge >= 0.3 is 0 Å². The van der Waals surface area contributed by atoms with Crippen LogP contribution in [0.4, 0.5) is 22.0 Å². The molecular weight excluding hydrogens is 312 g/mol. The fourth-order valence-electron chi connectivity index (χ4n) is 0.495. The Morgan fingerprint density at radius 1 is 0.692 bits per heavy atom. The number of hydrogen-bond donors (Lipinski definition) is 0. The second-order valence-electron chi connectivity index (χ2n) is 1.69. The van der Waals surface area contributed by atoms with E-state index in [1.54, 1.807) is 0 Å². The van der Waals surface area contributed by atoms with Crippen LogP contribution in [0.15, 0.2) is 0 Å². The Hall–Kier alpha value is -0.0266. The van der Waals surface area contributed by atoms with E-state index in [4.69, 9.17) is 0 Å². The van der Waals surface area contributed by atoms with E-state index in [0.29, 0.717) is 0 Å². The standard InChI is InChI=1S/C6F5.BrH.Zn/c7-2-1-3(8)5(10)6(11)4(2)9;;/h;1H;/q-1;;. The fraction of sp³-hybridized carbons (Fsp3) is 0. The van der Waals surface area contributed by atoms with Crippen LogP contribution in [0.25, 0.3) is 0 Å². The summed E-state index contributed by atoms with van der Waals surface area (Å²) in [5.74, 6) is -10.0. The molecule has 0 bridgehead atoms. The molecule has 0 heterocycles. The zero-order chi connectivity index (χ0) is 8.59. The topological polar surface area (TPSA) is 0 Å². The van der Waals surface area contributed by atoms with E-state index in [2.05, 4.69) is 0 Å². The van der Waals surface area contributed by atoms with Gasteiger partial charge in [0.2, 0.25) is 0 Å². The molecule has 1 rings (SSSR count). The minimum atomic E-state index is -2.17. The van der Waals surface area contributed by atoms with E-state index in [1.807, 2.05) is 0 Å². The average Bonchev–Trinajstić information content (AvgIpc) is 1.97. The van der Waals surface area contributed by atoms with Crippen LogP contribution in [0.3, 0.4) is 0 Å². The molecule has 0 aliphatic rings. The second kappa shape index (κ2) is 5.65. The molecule has 0 saturated carbocycles. The van der Waals surface area contributed by atoms with Crippen molar-refractivity contribution >= 4 is 17.0 Å². The van der Waals surface area contributed by atoms with Crippen molar-refractivity contribution in [2.24, 2.45) is 0 Å². The van der Waals surface area contributed by atoms with Gasteiger partial charge in [0.1, 0.15) is 0 Å². The predicted molar refractivity (Wildman–Crippen MR) is 35.4 cm³/mol. The molecule has 0 nitrogen and oxygen atoms in total. The Morgan fingerprint density at radius 3 is 1.31 bits per heavy atom. The normalized spacial score (nSPS) is 8.69. The second-order valence-corrected chi connectivity index (χ2v) is 1.69. The summed E-state index contributed by atoms with van der Waals surface area (Å²) in [5, 5.41) is 0. The molecule has 0 radical (unpaired) electrons. The predicted octanol–water partition coefficient (Wildman–Crippen LogP) is 2.76. The first-order valence-electron chi connectivity index (χ1n) is 2.44. The smallest absolute Gasteiger partial charge is 0.0893 e. The van der Waals surface area contributed by atoms with E-state index in [9.17, 15) is 22.0 Å². The van der Waals surface area contributed by atoms with Crippen molar-refractivity contribution in [2.45, 2.75) is 0 Å². The molecule has 0 saturated heterocycles. The van der Waals surface area contributed by atoms with E-state index >= 15 is 0 Å². The molecule has 0 fully saturated rings. The zero-order valence-electron chi connectivity index (χ0n) is 6.01. The van der Waals surface area contributed by atoms with Crippen molar-refractivity contribution in [3.05, 3.63) is 35.2 Å². The van der Waals surface area contributed by atoms with Crippen LogP contribution in [0.2, 0.25) is 0 Å². The molecule has 0 N–H and O–H groups in total. The molecule has 13 heavy (non-hydrogen) atoms. The summed E-state index contributed by atoms with van der Waals surface area (Å²) in [7, 11) is 0. The monoisotopic (exact) mass is 311 g/mol. The fourth-order valence-corrected chi connectivity index (χ4v) is 0.495. The van der Waals surface area contributed by atoms with Crippen molar-refractivity contribution in [3.8, 4) is 0 Å². The SMILES string of the molecule is Br.Fc1[c-]c(F)c(F)c(F)c1F.[Zn]. The minimum absolute atomic E-state index is 0. The molecule has 7 heteroatoms. The van der Waals surface area contributed by atoms with E-state index in [-0.39, 0.29) is 36.5 Å². The van der Waals surface area contributed by atoms with Gasteiger partial charge in [0.05, 0.1) is 29.1 Å². The first kappa shape index (κ1) is 15.4. The van der Waals surface area contributed by atoms with Crippen LogP contribution in [0.1, 0.15) is 0 Å². The average molecular weight is 313 g/mol. The maximum atomic E-state index is 12.0. The van der Waals surface area contributed by atoms with Crippen molar-refractivity contribution in [1.82, 2.24) is 0 Å². The summed E-state index contributed by atoms with van der Waals surface area (Å²) in [6.07, 6.45) is 0. The van der Waals surface area contributed by atoms with Crippen LogP contribution >= 0.6 is 17.0 Å². The molecule has 0 spiro atoms. The molecular formula is C6HBrF5Zn-. The van der Waals surface area contributed by atoms with Crippen LogP contribution in [-0.2, 0) is 19.5 Å². The first-order valence-corrected chi connectivity index (χ1v) is 2.44. The van der Waals surface area contributed by atoms with Gasteiger partial charge in [-0.1, -0.05) is 0 Å². The van der Waals surface area contributed by atoms with Gasteiger partial charge in [-0.15, -0.1) is 23.0 Å². The summed E-state index contributed by atoms with van der Waals surface area (Å²) in [4.78, 5) is 0. The number of rotatable bonds is 0. The van der Waals surface area contributed by atoms with Crippen molar-refractivity contribution in [2.75, 3.05) is 0 Å². The molecule has 0 unspecified atom stereocenters. The Kier molecular flexibility index (Phi) is 6.71.